The molecule has 0 bridgehead atoms. The third-order valence-electron chi connectivity index (χ3n) is 5.53. The van der Waals surface area contributed by atoms with E-state index < -0.39 is 39.2 Å². The van der Waals surface area contributed by atoms with Crippen LogP contribution in [0, 0.1) is 0 Å². The highest BCUT2D eigenvalue weighted by Gasteiger charge is 2.42. The van der Waals surface area contributed by atoms with Crippen LogP contribution in [-0.2, 0) is 13.2 Å². The Morgan fingerprint density at radius 2 is 1.68 bits per heavy atom. The summed E-state index contributed by atoms with van der Waals surface area (Å²) in [4.78, 5) is 36.0. The van der Waals surface area contributed by atoms with Gasteiger partial charge in [0.05, 0.1) is 16.7 Å². The van der Waals surface area contributed by atoms with Gasteiger partial charge in [-0.05, 0) is 30.3 Å². The molecule has 0 aliphatic heterocycles. The minimum atomic E-state index is -5.08. The lowest BCUT2D eigenvalue weighted by Crippen LogP contribution is -2.39. The smallest absolute Gasteiger partial charge is 0.420 e. The number of aryl methyl sites for hydroxylation is 1. The quantitative estimate of drug-likeness (QED) is 0.384. The molecule has 0 fully saturated rings. The number of thiophene rings is 1. The molecule has 5 aromatic rings. The van der Waals surface area contributed by atoms with Crippen LogP contribution in [0.2, 0.25) is 0 Å². The van der Waals surface area contributed by atoms with Gasteiger partial charge in [-0.3, -0.25) is 18.7 Å². The summed E-state index contributed by atoms with van der Waals surface area (Å²) in [5.41, 5.74) is -3.03. The van der Waals surface area contributed by atoms with Crippen molar-refractivity contribution >= 4 is 38.6 Å². The lowest BCUT2D eigenvalue weighted by Gasteiger charge is -2.14. The van der Waals surface area contributed by atoms with Gasteiger partial charge in [0.2, 0.25) is 0 Å². The number of para-hydroxylation sites is 1. The summed E-state index contributed by atoms with van der Waals surface area (Å²) in [6.45, 7) is 0. The van der Waals surface area contributed by atoms with Gasteiger partial charge in [-0.25, -0.2) is 4.79 Å². The van der Waals surface area contributed by atoms with Gasteiger partial charge in [0, 0.05) is 24.3 Å². The van der Waals surface area contributed by atoms with Crippen molar-refractivity contribution in [3.8, 4) is 11.4 Å². The van der Waals surface area contributed by atoms with E-state index in [-0.39, 0.29) is 10.5 Å². The van der Waals surface area contributed by atoms with E-state index >= 15 is 0 Å². The molecule has 0 saturated heterocycles. The molecule has 7 nitrogen and oxygen atoms in total. The van der Waals surface area contributed by atoms with Crippen molar-refractivity contribution in [2.75, 3.05) is 0 Å². The maximum atomic E-state index is 14.1. The standard InChI is InChI=1S/C23H14F3N3O4S/c1-27-19(30)20(31)29(17-16(23(24,25)26)18(22(32)33)34-21(17)27)14-8-7-12-9-10-28(15(12)11-14)13-5-3-2-4-6-13/h2-11H,1H3,(H,32,33). The van der Waals surface area contributed by atoms with Crippen LogP contribution in [0.1, 0.15) is 15.2 Å². The zero-order valence-electron chi connectivity index (χ0n) is 17.3. The van der Waals surface area contributed by atoms with Crippen molar-refractivity contribution in [3.05, 3.63) is 91.9 Å². The first-order valence-electron chi connectivity index (χ1n) is 9.85. The molecule has 0 amide bonds. The highest BCUT2D eigenvalue weighted by Crippen LogP contribution is 2.42. The van der Waals surface area contributed by atoms with Crippen LogP contribution < -0.4 is 11.1 Å². The first kappa shape index (κ1) is 21.7. The Bertz CT molecular complexity index is 1730. The van der Waals surface area contributed by atoms with Gasteiger partial charge in [0.1, 0.15) is 15.3 Å². The van der Waals surface area contributed by atoms with E-state index in [0.29, 0.717) is 21.4 Å². The summed E-state index contributed by atoms with van der Waals surface area (Å²) in [6.07, 6.45) is -3.30. The van der Waals surface area contributed by atoms with E-state index in [1.165, 1.54) is 12.1 Å². The minimum Gasteiger partial charge on any atom is -0.477 e. The lowest BCUT2D eigenvalue weighted by atomic mass is 10.2. The van der Waals surface area contributed by atoms with Gasteiger partial charge in [0.25, 0.3) is 0 Å². The molecule has 1 N–H and O–H groups in total. The Balaban J connectivity index is 1.92. The van der Waals surface area contributed by atoms with Gasteiger partial charge in [0.15, 0.2) is 0 Å². The van der Waals surface area contributed by atoms with Crippen LogP contribution in [0.15, 0.2) is 70.4 Å². The van der Waals surface area contributed by atoms with Crippen LogP contribution in [0.4, 0.5) is 13.2 Å². The van der Waals surface area contributed by atoms with Gasteiger partial charge < -0.3 is 9.67 Å². The molecule has 0 radical (unpaired) electrons. The summed E-state index contributed by atoms with van der Waals surface area (Å²) >= 11 is 0.301. The number of aromatic carboxylic acids is 1. The average Bonchev–Trinajstić information content (AvgIpc) is 3.40. The zero-order valence-corrected chi connectivity index (χ0v) is 18.1. The number of aromatic nitrogens is 3. The number of carboxylic acids is 1. The molecule has 11 heteroatoms. The number of hydrogen-bond donors (Lipinski definition) is 1. The summed E-state index contributed by atoms with van der Waals surface area (Å²) in [5.74, 6) is -1.80. The Morgan fingerprint density at radius 3 is 2.32 bits per heavy atom. The van der Waals surface area contributed by atoms with E-state index in [1.54, 1.807) is 16.8 Å². The number of halogens is 3. The fourth-order valence-electron chi connectivity index (χ4n) is 4.01. The fraction of sp³-hybridized carbons (Fsp3) is 0.0870. The molecule has 0 unspecified atom stereocenters. The normalized spacial score (nSPS) is 12.0. The van der Waals surface area contributed by atoms with E-state index in [1.807, 2.05) is 36.4 Å². The third-order valence-corrected chi connectivity index (χ3v) is 6.77. The highest BCUT2D eigenvalue weighted by molar-refractivity contribution is 7.20. The van der Waals surface area contributed by atoms with Crippen molar-refractivity contribution in [2.45, 2.75) is 6.18 Å². The van der Waals surface area contributed by atoms with Crippen LogP contribution in [-0.4, -0.2) is 24.8 Å². The molecule has 0 saturated carbocycles. The zero-order chi connectivity index (χ0) is 24.4. The number of benzene rings is 2. The Hall–Kier alpha value is -4.12. The van der Waals surface area contributed by atoms with Crippen LogP contribution >= 0.6 is 11.3 Å². The second kappa shape index (κ2) is 7.45. The summed E-state index contributed by atoms with van der Waals surface area (Å²) in [5, 5.41) is 10.2. The van der Waals surface area contributed by atoms with Crippen molar-refractivity contribution in [1.29, 1.82) is 0 Å². The predicted molar refractivity (Wildman–Crippen MR) is 121 cm³/mol. The number of carbonyl (C=O) groups is 1. The van der Waals surface area contributed by atoms with Crippen LogP contribution in [0.25, 0.3) is 32.6 Å². The molecule has 5 rings (SSSR count). The van der Waals surface area contributed by atoms with Gasteiger partial charge in [-0.15, -0.1) is 11.3 Å². The molecule has 0 aliphatic carbocycles. The predicted octanol–water partition coefficient (Wildman–Crippen LogP) is 4.41. The van der Waals surface area contributed by atoms with Crippen molar-refractivity contribution in [2.24, 2.45) is 7.05 Å². The molecular weight excluding hydrogens is 471 g/mol. The van der Waals surface area contributed by atoms with Crippen molar-refractivity contribution in [3.63, 3.8) is 0 Å². The van der Waals surface area contributed by atoms with Gasteiger partial charge in [-0.1, -0.05) is 24.3 Å². The molecule has 3 heterocycles. The largest absolute Gasteiger partial charge is 0.477 e. The maximum Gasteiger partial charge on any atom is 0.420 e. The van der Waals surface area contributed by atoms with Gasteiger partial charge >= 0.3 is 23.3 Å². The molecule has 0 aliphatic rings. The summed E-state index contributed by atoms with van der Waals surface area (Å²) in [7, 11) is 1.14. The van der Waals surface area contributed by atoms with E-state index in [2.05, 4.69) is 0 Å². The second-order valence-corrected chi connectivity index (χ2v) is 8.53. The van der Waals surface area contributed by atoms with Gasteiger partial charge in [-0.2, -0.15) is 13.2 Å². The Labute approximate surface area is 192 Å². The molecule has 0 atom stereocenters. The number of alkyl halides is 3. The fourth-order valence-corrected chi connectivity index (χ4v) is 5.11. The van der Waals surface area contributed by atoms with Crippen LogP contribution in [0.5, 0.6) is 0 Å². The first-order valence-corrected chi connectivity index (χ1v) is 10.7. The Morgan fingerprint density at radius 1 is 0.971 bits per heavy atom. The van der Waals surface area contributed by atoms with Crippen molar-refractivity contribution in [1.82, 2.24) is 13.7 Å². The molecule has 3 aromatic heterocycles. The van der Waals surface area contributed by atoms with Crippen LogP contribution in [0.3, 0.4) is 0 Å². The van der Waals surface area contributed by atoms with Crippen molar-refractivity contribution < 1.29 is 23.1 Å². The Kier molecular flexibility index (Phi) is 4.76. The molecule has 172 valence electrons. The van der Waals surface area contributed by atoms with E-state index in [4.69, 9.17) is 0 Å². The highest BCUT2D eigenvalue weighted by atomic mass is 32.1. The number of fused-ring (bicyclic) bond motifs is 2. The summed E-state index contributed by atoms with van der Waals surface area (Å²) in [6, 6.07) is 15.5. The number of rotatable bonds is 3. The third kappa shape index (κ3) is 3.16. The number of hydrogen-bond acceptors (Lipinski definition) is 4. The van der Waals surface area contributed by atoms with E-state index in [9.17, 15) is 32.7 Å². The lowest BCUT2D eigenvalue weighted by molar-refractivity contribution is -0.136. The number of carboxylic acid groups (broad SMARTS) is 1. The number of nitrogens with zero attached hydrogens (tertiary/aromatic N) is 3. The summed E-state index contributed by atoms with van der Waals surface area (Å²) < 4.78 is 45.4. The second-order valence-electron chi connectivity index (χ2n) is 7.53. The topological polar surface area (TPSA) is 86.2 Å². The SMILES string of the molecule is Cn1c(=O)c(=O)n(-c2ccc3ccn(-c4ccccc4)c3c2)c2c(C(F)(F)F)c(C(=O)O)sc21. The average molecular weight is 485 g/mol. The molecular formula is C23H14F3N3O4S. The first-order chi connectivity index (χ1) is 16.1. The molecule has 0 spiro atoms. The molecule has 34 heavy (non-hydrogen) atoms. The monoisotopic (exact) mass is 485 g/mol. The molecule has 2 aromatic carbocycles. The van der Waals surface area contributed by atoms with E-state index in [0.717, 1.165) is 22.7 Å². The minimum absolute atomic E-state index is 0.0105. The maximum absolute atomic E-state index is 14.1.